The topological polar surface area (TPSA) is 85.0 Å². The lowest BCUT2D eigenvalue weighted by Crippen LogP contribution is -2.48. The van der Waals surface area contributed by atoms with Crippen LogP contribution < -0.4 is 10.5 Å². The zero-order chi connectivity index (χ0) is 21.1. The van der Waals surface area contributed by atoms with E-state index in [-0.39, 0.29) is 11.0 Å². The SMILES string of the molecule is CC(C)(C)c1ccc(=O)n(CCN2CCN(c3cncc(-n4cccn4)n3)CC2)n1. The largest absolute Gasteiger partial charge is 0.353 e. The molecule has 1 aliphatic rings. The Bertz CT molecular complexity index is 1030. The van der Waals surface area contributed by atoms with Gasteiger partial charge in [0, 0.05) is 56.6 Å². The molecule has 4 heterocycles. The van der Waals surface area contributed by atoms with Crippen molar-refractivity contribution in [2.45, 2.75) is 32.7 Å². The van der Waals surface area contributed by atoms with E-state index in [1.807, 2.05) is 18.3 Å². The third-order valence-corrected chi connectivity index (χ3v) is 5.31. The monoisotopic (exact) mass is 408 g/mol. The maximum Gasteiger partial charge on any atom is 0.266 e. The molecule has 0 aliphatic carbocycles. The molecule has 0 spiro atoms. The molecule has 0 atom stereocenters. The van der Waals surface area contributed by atoms with E-state index < -0.39 is 0 Å². The Morgan fingerprint density at radius 2 is 1.77 bits per heavy atom. The van der Waals surface area contributed by atoms with Crippen molar-refractivity contribution in [1.29, 1.82) is 0 Å². The first-order valence-electron chi connectivity index (χ1n) is 10.3. The lowest BCUT2D eigenvalue weighted by atomic mass is 9.92. The van der Waals surface area contributed by atoms with Crippen molar-refractivity contribution < 1.29 is 0 Å². The average Bonchev–Trinajstić information content (AvgIpc) is 3.28. The smallest absolute Gasteiger partial charge is 0.266 e. The Kier molecular flexibility index (Phi) is 5.63. The zero-order valence-electron chi connectivity index (χ0n) is 17.8. The van der Waals surface area contributed by atoms with E-state index in [4.69, 9.17) is 4.98 Å². The standard InChI is InChI=1S/C21H28N8O/c1-21(2,3)17-5-6-20(30)29(25-17)14-11-26-9-12-27(13-10-26)18-15-22-16-19(24-18)28-8-4-7-23-28/h4-8,15-16H,9-14H2,1-3H3. The number of hydrogen-bond acceptors (Lipinski definition) is 7. The summed E-state index contributed by atoms with van der Waals surface area (Å²) in [4.78, 5) is 25.8. The predicted molar refractivity (Wildman–Crippen MR) is 115 cm³/mol. The van der Waals surface area contributed by atoms with Crippen LogP contribution in [0.15, 0.2) is 47.8 Å². The molecule has 0 saturated carbocycles. The number of nitrogens with zero attached hydrogens (tertiary/aromatic N) is 8. The van der Waals surface area contributed by atoms with Gasteiger partial charge in [0.15, 0.2) is 5.82 Å². The summed E-state index contributed by atoms with van der Waals surface area (Å²) in [5.41, 5.74) is 0.808. The number of aromatic nitrogens is 6. The second-order valence-electron chi connectivity index (χ2n) is 8.54. The van der Waals surface area contributed by atoms with Gasteiger partial charge < -0.3 is 4.90 Å². The first-order valence-corrected chi connectivity index (χ1v) is 10.3. The Morgan fingerprint density at radius 3 is 2.47 bits per heavy atom. The normalized spacial score (nSPS) is 15.5. The quantitative estimate of drug-likeness (QED) is 0.630. The van der Waals surface area contributed by atoms with Gasteiger partial charge in [0.05, 0.1) is 24.6 Å². The average molecular weight is 409 g/mol. The molecule has 1 saturated heterocycles. The zero-order valence-corrected chi connectivity index (χ0v) is 17.8. The first-order chi connectivity index (χ1) is 14.4. The molecule has 1 aliphatic heterocycles. The van der Waals surface area contributed by atoms with Gasteiger partial charge in [0.2, 0.25) is 0 Å². The van der Waals surface area contributed by atoms with Crippen molar-refractivity contribution in [3.8, 4) is 5.82 Å². The molecule has 158 valence electrons. The fourth-order valence-corrected chi connectivity index (χ4v) is 3.46. The summed E-state index contributed by atoms with van der Waals surface area (Å²) in [7, 11) is 0. The number of hydrogen-bond donors (Lipinski definition) is 0. The molecule has 1 fully saturated rings. The first kappa shape index (κ1) is 20.2. The minimum absolute atomic E-state index is 0.0488. The fourth-order valence-electron chi connectivity index (χ4n) is 3.46. The van der Waals surface area contributed by atoms with Crippen LogP contribution in [0.3, 0.4) is 0 Å². The molecule has 0 unspecified atom stereocenters. The summed E-state index contributed by atoms with van der Waals surface area (Å²) in [5.74, 6) is 1.57. The highest BCUT2D eigenvalue weighted by molar-refractivity contribution is 5.39. The molecule has 0 N–H and O–H groups in total. The van der Waals surface area contributed by atoms with Crippen LogP contribution in [0, 0.1) is 0 Å². The van der Waals surface area contributed by atoms with Crippen molar-refractivity contribution in [2.24, 2.45) is 0 Å². The number of piperazine rings is 1. The summed E-state index contributed by atoms with van der Waals surface area (Å²) in [6, 6.07) is 5.32. The summed E-state index contributed by atoms with van der Waals surface area (Å²) in [6.45, 7) is 11.2. The maximum absolute atomic E-state index is 12.2. The van der Waals surface area contributed by atoms with E-state index in [1.54, 1.807) is 34.0 Å². The van der Waals surface area contributed by atoms with E-state index in [0.29, 0.717) is 12.4 Å². The molecular weight excluding hydrogens is 380 g/mol. The highest BCUT2D eigenvalue weighted by Gasteiger charge is 2.20. The van der Waals surface area contributed by atoms with E-state index in [0.717, 1.165) is 44.2 Å². The minimum Gasteiger partial charge on any atom is -0.353 e. The summed E-state index contributed by atoms with van der Waals surface area (Å²) < 4.78 is 3.30. The predicted octanol–water partition coefficient (Wildman–Crippen LogP) is 1.34. The number of anilines is 1. The second-order valence-corrected chi connectivity index (χ2v) is 8.54. The van der Waals surface area contributed by atoms with Crippen LogP contribution in [-0.2, 0) is 12.0 Å². The molecule has 0 aromatic carbocycles. The van der Waals surface area contributed by atoms with Crippen LogP contribution in [0.5, 0.6) is 0 Å². The van der Waals surface area contributed by atoms with Crippen molar-refractivity contribution in [3.63, 3.8) is 0 Å². The lowest BCUT2D eigenvalue weighted by Gasteiger charge is -2.35. The Labute approximate surface area is 176 Å². The van der Waals surface area contributed by atoms with Gasteiger partial charge in [-0.25, -0.2) is 14.3 Å². The molecule has 3 aromatic heterocycles. The Balaban J connectivity index is 1.35. The van der Waals surface area contributed by atoms with E-state index in [9.17, 15) is 4.79 Å². The minimum atomic E-state index is -0.0766. The van der Waals surface area contributed by atoms with Crippen LogP contribution in [0.1, 0.15) is 26.5 Å². The van der Waals surface area contributed by atoms with Crippen LogP contribution in [0.4, 0.5) is 5.82 Å². The molecule has 30 heavy (non-hydrogen) atoms. The molecular formula is C21H28N8O. The van der Waals surface area contributed by atoms with Gasteiger partial charge in [-0.15, -0.1) is 0 Å². The Morgan fingerprint density at radius 1 is 1.00 bits per heavy atom. The van der Waals surface area contributed by atoms with E-state index in [1.165, 1.54) is 0 Å². The van der Waals surface area contributed by atoms with Gasteiger partial charge in [-0.1, -0.05) is 20.8 Å². The van der Waals surface area contributed by atoms with E-state index in [2.05, 4.69) is 45.8 Å². The highest BCUT2D eigenvalue weighted by Crippen LogP contribution is 2.18. The molecule has 0 radical (unpaired) electrons. The molecule has 0 bridgehead atoms. The van der Waals surface area contributed by atoms with Crippen LogP contribution in [-0.4, -0.2) is 67.2 Å². The fraction of sp³-hybridized carbons (Fsp3) is 0.476. The van der Waals surface area contributed by atoms with Gasteiger partial charge in [0.1, 0.15) is 5.82 Å². The van der Waals surface area contributed by atoms with Crippen molar-refractivity contribution in [1.82, 2.24) is 34.4 Å². The summed E-state index contributed by atoms with van der Waals surface area (Å²) in [5, 5.41) is 8.78. The summed E-state index contributed by atoms with van der Waals surface area (Å²) in [6.07, 6.45) is 7.09. The molecule has 9 nitrogen and oxygen atoms in total. The van der Waals surface area contributed by atoms with E-state index >= 15 is 0 Å². The van der Waals surface area contributed by atoms with Gasteiger partial charge in [0.25, 0.3) is 5.56 Å². The van der Waals surface area contributed by atoms with Crippen molar-refractivity contribution in [2.75, 3.05) is 37.6 Å². The third kappa shape index (κ3) is 4.56. The van der Waals surface area contributed by atoms with Gasteiger partial charge in [-0.3, -0.25) is 14.7 Å². The van der Waals surface area contributed by atoms with Crippen LogP contribution in [0.2, 0.25) is 0 Å². The molecule has 9 heteroatoms. The Hall–Kier alpha value is -3.07. The van der Waals surface area contributed by atoms with Gasteiger partial charge >= 0.3 is 0 Å². The van der Waals surface area contributed by atoms with Gasteiger partial charge in [-0.2, -0.15) is 10.2 Å². The van der Waals surface area contributed by atoms with Crippen molar-refractivity contribution in [3.05, 3.63) is 59.0 Å². The maximum atomic E-state index is 12.2. The molecule has 3 aromatic rings. The molecule has 4 rings (SSSR count). The second kappa shape index (κ2) is 8.35. The van der Waals surface area contributed by atoms with Crippen molar-refractivity contribution >= 4 is 5.82 Å². The highest BCUT2D eigenvalue weighted by atomic mass is 16.1. The third-order valence-electron chi connectivity index (χ3n) is 5.31. The lowest BCUT2D eigenvalue weighted by molar-refractivity contribution is 0.241. The van der Waals surface area contributed by atoms with Crippen LogP contribution in [0.25, 0.3) is 5.82 Å². The molecule has 0 amide bonds. The van der Waals surface area contributed by atoms with Gasteiger partial charge in [-0.05, 0) is 12.1 Å². The number of rotatable bonds is 5. The summed E-state index contributed by atoms with van der Waals surface area (Å²) >= 11 is 0. The van der Waals surface area contributed by atoms with Crippen LogP contribution >= 0.6 is 0 Å².